The summed E-state index contributed by atoms with van der Waals surface area (Å²) >= 11 is 0. The summed E-state index contributed by atoms with van der Waals surface area (Å²) in [5.41, 5.74) is 2.56. The third-order valence-corrected chi connectivity index (χ3v) is 4.01. The van der Waals surface area contributed by atoms with Gasteiger partial charge in [0.05, 0.1) is 24.7 Å². The van der Waals surface area contributed by atoms with E-state index in [2.05, 4.69) is 15.3 Å². The monoisotopic (exact) mass is 299 g/mol. The van der Waals surface area contributed by atoms with Gasteiger partial charge in [0.2, 0.25) is 0 Å². The number of anilines is 1. The highest BCUT2D eigenvalue weighted by Crippen LogP contribution is 2.22. The van der Waals surface area contributed by atoms with Gasteiger partial charge in [-0.05, 0) is 24.3 Å². The molecule has 0 saturated carbocycles. The maximum atomic E-state index is 9.45. The first-order chi connectivity index (χ1) is 10.9. The Bertz CT molecular complexity index is 612. The maximum absolute atomic E-state index is 9.45. The Morgan fingerprint density at radius 3 is 2.82 bits per heavy atom. The van der Waals surface area contributed by atoms with E-state index in [-0.39, 0.29) is 6.61 Å². The van der Waals surface area contributed by atoms with Crippen LogP contribution in [0, 0.1) is 5.92 Å². The first-order valence-corrected chi connectivity index (χ1v) is 7.69. The fourth-order valence-corrected chi connectivity index (χ4v) is 2.69. The molecule has 2 N–H and O–H groups in total. The number of aliphatic hydroxyl groups excluding tert-OH is 1. The fraction of sp³-hybridized carbons (Fsp3) is 0.412. The lowest BCUT2D eigenvalue weighted by Gasteiger charge is -2.22. The summed E-state index contributed by atoms with van der Waals surface area (Å²) in [7, 11) is 0. The molecule has 0 unspecified atom stereocenters. The minimum atomic E-state index is -0.00240. The van der Waals surface area contributed by atoms with Crippen LogP contribution in [0.4, 0.5) is 5.82 Å². The van der Waals surface area contributed by atoms with E-state index in [4.69, 9.17) is 4.74 Å². The summed E-state index contributed by atoms with van der Waals surface area (Å²) in [4.78, 5) is 8.89. The molecule has 0 atom stereocenters. The summed E-state index contributed by atoms with van der Waals surface area (Å²) in [5, 5.41) is 12.8. The van der Waals surface area contributed by atoms with Crippen LogP contribution in [0.1, 0.15) is 18.4 Å². The van der Waals surface area contributed by atoms with Crippen molar-refractivity contribution in [3.05, 3.63) is 42.2 Å². The van der Waals surface area contributed by atoms with Crippen LogP contribution in [-0.2, 0) is 11.3 Å². The van der Waals surface area contributed by atoms with Gasteiger partial charge < -0.3 is 15.2 Å². The largest absolute Gasteiger partial charge is 0.392 e. The number of rotatable bonds is 5. The second kappa shape index (κ2) is 7.33. The molecule has 1 aliphatic rings. The number of hydrogen-bond donors (Lipinski definition) is 2. The van der Waals surface area contributed by atoms with Gasteiger partial charge in [-0.1, -0.05) is 24.3 Å². The van der Waals surface area contributed by atoms with Crippen molar-refractivity contribution < 1.29 is 9.84 Å². The fourth-order valence-electron chi connectivity index (χ4n) is 2.69. The highest BCUT2D eigenvalue weighted by molar-refractivity contribution is 5.64. The normalized spacial score (nSPS) is 15.7. The molecule has 1 saturated heterocycles. The van der Waals surface area contributed by atoms with Crippen molar-refractivity contribution in [1.82, 2.24) is 9.97 Å². The number of aliphatic hydroxyl groups is 1. The standard InChI is InChI=1S/C17H21N3O2/c21-12-14-3-1-2-4-15(14)16-10-18-11-17(20-16)19-9-13-5-7-22-8-6-13/h1-4,10-11,13,21H,5-9,12H2,(H,19,20). The lowest BCUT2D eigenvalue weighted by Crippen LogP contribution is -2.23. The third kappa shape index (κ3) is 3.61. The minimum Gasteiger partial charge on any atom is -0.392 e. The molecule has 0 amide bonds. The number of aromatic nitrogens is 2. The Kier molecular flexibility index (Phi) is 4.98. The van der Waals surface area contributed by atoms with Crippen LogP contribution in [0.5, 0.6) is 0 Å². The Hall–Kier alpha value is -1.98. The van der Waals surface area contributed by atoms with Crippen molar-refractivity contribution in [2.24, 2.45) is 5.92 Å². The molecule has 1 aromatic carbocycles. The predicted octanol–water partition coefficient (Wildman–Crippen LogP) is 2.47. The molecule has 2 aromatic rings. The van der Waals surface area contributed by atoms with E-state index in [0.717, 1.165) is 55.2 Å². The van der Waals surface area contributed by atoms with Crippen molar-refractivity contribution in [2.75, 3.05) is 25.1 Å². The molecular weight excluding hydrogens is 278 g/mol. The van der Waals surface area contributed by atoms with E-state index in [1.165, 1.54) is 0 Å². The predicted molar refractivity (Wildman–Crippen MR) is 85.4 cm³/mol. The molecule has 5 heteroatoms. The number of nitrogens with one attached hydrogen (secondary N) is 1. The van der Waals surface area contributed by atoms with Crippen molar-refractivity contribution >= 4 is 5.82 Å². The van der Waals surface area contributed by atoms with Crippen LogP contribution in [0.2, 0.25) is 0 Å². The molecule has 3 rings (SSSR count). The Morgan fingerprint density at radius 1 is 1.18 bits per heavy atom. The van der Waals surface area contributed by atoms with Crippen LogP contribution < -0.4 is 5.32 Å². The molecule has 22 heavy (non-hydrogen) atoms. The van der Waals surface area contributed by atoms with E-state index < -0.39 is 0 Å². The molecule has 1 aliphatic heterocycles. The zero-order valence-electron chi connectivity index (χ0n) is 12.5. The van der Waals surface area contributed by atoms with Gasteiger partial charge in [0.1, 0.15) is 5.82 Å². The molecule has 1 aromatic heterocycles. The lowest BCUT2D eigenvalue weighted by molar-refractivity contribution is 0.0699. The summed E-state index contributed by atoms with van der Waals surface area (Å²) in [6.07, 6.45) is 5.65. The summed E-state index contributed by atoms with van der Waals surface area (Å²) < 4.78 is 5.37. The summed E-state index contributed by atoms with van der Waals surface area (Å²) in [6.45, 7) is 2.59. The Morgan fingerprint density at radius 2 is 2.00 bits per heavy atom. The van der Waals surface area contributed by atoms with E-state index in [0.29, 0.717) is 5.92 Å². The first-order valence-electron chi connectivity index (χ1n) is 7.69. The van der Waals surface area contributed by atoms with Gasteiger partial charge in [-0.25, -0.2) is 4.98 Å². The lowest BCUT2D eigenvalue weighted by atomic mass is 10.0. The number of hydrogen-bond acceptors (Lipinski definition) is 5. The molecule has 0 spiro atoms. The van der Waals surface area contributed by atoms with Gasteiger partial charge >= 0.3 is 0 Å². The Labute approximate surface area is 130 Å². The van der Waals surface area contributed by atoms with Gasteiger partial charge in [-0.3, -0.25) is 4.98 Å². The first kappa shape index (κ1) is 14.9. The summed E-state index contributed by atoms with van der Waals surface area (Å²) in [5.74, 6) is 1.40. The zero-order valence-corrected chi connectivity index (χ0v) is 12.5. The quantitative estimate of drug-likeness (QED) is 0.888. The van der Waals surface area contributed by atoms with Gasteiger partial charge in [0.15, 0.2) is 0 Å². The molecular formula is C17H21N3O2. The van der Waals surface area contributed by atoms with Gasteiger partial charge in [-0.2, -0.15) is 0 Å². The maximum Gasteiger partial charge on any atom is 0.145 e. The molecule has 5 nitrogen and oxygen atoms in total. The summed E-state index contributed by atoms with van der Waals surface area (Å²) in [6, 6.07) is 7.71. The van der Waals surface area contributed by atoms with Crippen LogP contribution in [0.25, 0.3) is 11.3 Å². The SMILES string of the molecule is OCc1ccccc1-c1cncc(NCC2CCOCC2)n1. The molecule has 2 heterocycles. The smallest absolute Gasteiger partial charge is 0.145 e. The zero-order chi connectivity index (χ0) is 15.2. The number of ether oxygens (including phenoxy) is 1. The highest BCUT2D eigenvalue weighted by atomic mass is 16.5. The average molecular weight is 299 g/mol. The molecule has 0 radical (unpaired) electrons. The van der Waals surface area contributed by atoms with Gasteiger partial charge in [-0.15, -0.1) is 0 Å². The van der Waals surface area contributed by atoms with E-state index in [9.17, 15) is 5.11 Å². The van der Waals surface area contributed by atoms with Crippen molar-refractivity contribution in [2.45, 2.75) is 19.4 Å². The Balaban J connectivity index is 1.72. The van der Waals surface area contributed by atoms with Crippen LogP contribution in [-0.4, -0.2) is 34.8 Å². The molecule has 116 valence electrons. The topological polar surface area (TPSA) is 67.3 Å². The molecule has 0 aliphatic carbocycles. The van der Waals surface area contributed by atoms with E-state index >= 15 is 0 Å². The van der Waals surface area contributed by atoms with Crippen molar-refractivity contribution in [3.8, 4) is 11.3 Å². The van der Waals surface area contributed by atoms with Gasteiger partial charge in [0.25, 0.3) is 0 Å². The van der Waals surface area contributed by atoms with E-state index in [1.54, 1.807) is 12.4 Å². The van der Waals surface area contributed by atoms with Gasteiger partial charge in [0, 0.05) is 25.3 Å². The van der Waals surface area contributed by atoms with E-state index in [1.807, 2.05) is 24.3 Å². The van der Waals surface area contributed by atoms with Crippen LogP contribution in [0.15, 0.2) is 36.7 Å². The van der Waals surface area contributed by atoms with Crippen LogP contribution in [0.3, 0.4) is 0 Å². The number of nitrogens with zero attached hydrogens (tertiary/aromatic N) is 2. The minimum absolute atomic E-state index is 0.00240. The van der Waals surface area contributed by atoms with Crippen LogP contribution >= 0.6 is 0 Å². The van der Waals surface area contributed by atoms with Crippen molar-refractivity contribution in [1.29, 1.82) is 0 Å². The second-order valence-corrected chi connectivity index (χ2v) is 5.54. The highest BCUT2D eigenvalue weighted by Gasteiger charge is 2.14. The van der Waals surface area contributed by atoms with Crippen molar-refractivity contribution in [3.63, 3.8) is 0 Å². The second-order valence-electron chi connectivity index (χ2n) is 5.54. The number of benzene rings is 1. The molecule has 0 bridgehead atoms. The molecule has 1 fully saturated rings. The average Bonchev–Trinajstić information content (AvgIpc) is 2.61. The third-order valence-electron chi connectivity index (χ3n) is 4.01.